The second-order valence-electron chi connectivity index (χ2n) is 7.95. The van der Waals surface area contributed by atoms with Gasteiger partial charge in [-0.25, -0.2) is 9.79 Å². The Labute approximate surface area is 190 Å². The molecule has 0 aliphatic heterocycles. The summed E-state index contributed by atoms with van der Waals surface area (Å²) in [4.78, 5) is 21.5. The monoisotopic (exact) mass is 464 g/mol. The average molecular weight is 464 g/mol. The summed E-state index contributed by atoms with van der Waals surface area (Å²) in [6.07, 6.45) is -4.42. The predicted octanol–water partition coefficient (Wildman–Crippen LogP) is 3.81. The SMILES string of the molecule is CN=C(CN(C)Cc1ccc(OC(C)(C)C(=O)O)cc1)N=C(N)c1ccc(C(F)(F)F)cc1. The Balaban J connectivity index is 2.00. The van der Waals surface area contributed by atoms with E-state index in [2.05, 4.69) is 9.98 Å². The topological polar surface area (TPSA) is 101 Å². The summed E-state index contributed by atoms with van der Waals surface area (Å²) >= 11 is 0. The second kappa shape index (κ2) is 10.5. The molecule has 0 saturated heterocycles. The van der Waals surface area contributed by atoms with Crippen molar-refractivity contribution in [3.63, 3.8) is 0 Å². The van der Waals surface area contributed by atoms with Crippen LogP contribution >= 0.6 is 0 Å². The molecule has 33 heavy (non-hydrogen) atoms. The lowest BCUT2D eigenvalue weighted by Crippen LogP contribution is -2.37. The average Bonchev–Trinajstić information content (AvgIpc) is 2.73. The van der Waals surface area contributed by atoms with Gasteiger partial charge in [0.1, 0.15) is 17.4 Å². The molecule has 0 aliphatic carbocycles. The number of halogens is 3. The quantitative estimate of drug-likeness (QED) is 0.457. The van der Waals surface area contributed by atoms with Crippen LogP contribution in [0, 0.1) is 0 Å². The zero-order valence-corrected chi connectivity index (χ0v) is 18.8. The first-order valence-electron chi connectivity index (χ1n) is 9.99. The minimum absolute atomic E-state index is 0.0697. The standard InChI is InChI=1S/C23H27F3N4O3/c1-22(2,21(31)32)33-18-11-5-15(6-12-18)13-30(4)14-19(28-3)29-20(27)16-7-9-17(10-8-16)23(24,25)26/h5-12H,13-14H2,1-4H3,(H,31,32)(H2,27,28,29). The number of hydrogen-bond donors (Lipinski definition) is 2. The van der Waals surface area contributed by atoms with Gasteiger partial charge in [-0.2, -0.15) is 13.2 Å². The molecule has 0 heterocycles. The van der Waals surface area contributed by atoms with Crippen LogP contribution in [-0.4, -0.2) is 53.9 Å². The molecule has 0 bridgehead atoms. The number of nitrogens with zero attached hydrogens (tertiary/aromatic N) is 3. The van der Waals surface area contributed by atoms with E-state index in [9.17, 15) is 18.0 Å². The lowest BCUT2D eigenvalue weighted by molar-refractivity contribution is -0.152. The highest BCUT2D eigenvalue weighted by Crippen LogP contribution is 2.29. The fourth-order valence-corrected chi connectivity index (χ4v) is 2.80. The Kier molecular flexibility index (Phi) is 8.21. The molecule has 0 unspecified atom stereocenters. The number of aliphatic carboxylic acids is 1. The first kappa shape index (κ1) is 25.9. The van der Waals surface area contributed by atoms with E-state index >= 15 is 0 Å². The number of likely N-dealkylation sites (N-methyl/N-ethyl adjacent to an activating group) is 1. The van der Waals surface area contributed by atoms with Gasteiger partial charge in [0.2, 0.25) is 0 Å². The molecule has 0 fully saturated rings. The molecule has 0 aromatic heterocycles. The van der Waals surface area contributed by atoms with Crippen LogP contribution in [0.5, 0.6) is 5.75 Å². The minimum atomic E-state index is -4.42. The molecule has 0 aliphatic rings. The highest BCUT2D eigenvalue weighted by molar-refractivity contribution is 6.05. The number of carboxylic acids is 1. The third-order valence-electron chi connectivity index (χ3n) is 4.69. The summed E-state index contributed by atoms with van der Waals surface area (Å²) in [5.74, 6) is -0.134. The second-order valence-corrected chi connectivity index (χ2v) is 7.95. The van der Waals surface area contributed by atoms with Crippen molar-refractivity contribution in [2.45, 2.75) is 32.2 Å². The Morgan fingerprint density at radius 2 is 1.67 bits per heavy atom. The van der Waals surface area contributed by atoms with Crippen LogP contribution in [0.15, 0.2) is 58.5 Å². The van der Waals surface area contributed by atoms with Crippen LogP contribution in [0.1, 0.15) is 30.5 Å². The van der Waals surface area contributed by atoms with Crippen LogP contribution in [0.25, 0.3) is 0 Å². The van der Waals surface area contributed by atoms with Gasteiger partial charge in [0, 0.05) is 19.2 Å². The van der Waals surface area contributed by atoms with Gasteiger partial charge in [-0.3, -0.25) is 9.89 Å². The third-order valence-corrected chi connectivity index (χ3v) is 4.69. The molecule has 0 spiro atoms. The normalized spacial score (nSPS) is 13.3. The number of aliphatic imine (C=N–C) groups is 2. The number of hydrogen-bond acceptors (Lipinski definition) is 4. The number of carboxylic acid groups (broad SMARTS) is 1. The van der Waals surface area contributed by atoms with Crippen molar-refractivity contribution in [3.05, 3.63) is 65.2 Å². The molecule has 2 rings (SSSR count). The maximum atomic E-state index is 12.7. The molecule has 2 aromatic carbocycles. The number of benzene rings is 2. The van der Waals surface area contributed by atoms with Crippen LogP contribution in [-0.2, 0) is 17.5 Å². The lowest BCUT2D eigenvalue weighted by atomic mass is 10.1. The molecule has 0 atom stereocenters. The molecule has 0 amide bonds. The van der Waals surface area contributed by atoms with Gasteiger partial charge in [0.15, 0.2) is 5.60 Å². The van der Waals surface area contributed by atoms with Gasteiger partial charge < -0.3 is 15.6 Å². The van der Waals surface area contributed by atoms with E-state index in [1.807, 2.05) is 24.1 Å². The molecule has 7 nitrogen and oxygen atoms in total. The van der Waals surface area contributed by atoms with E-state index in [4.69, 9.17) is 15.6 Å². The van der Waals surface area contributed by atoms with Gasteiger partial charge in [-0.05, 0) is 50.7 Å². The number of amidine groups is 2. The number of nitrogens with two attached hydrogens (primary N) is 1. The van der Waals surface area contributed by atoms with E-state index in [-0.39, 0.29) is 5.84 Å². The molecule has 0 radical (unpaired) electrons. The van der Waals surface area contributed by atoms with E-state index in [0.717, 1.165) is 17.7 Å². The van der Waals surface area contributed by atoms with Gasteiger partial charge in [0.25, 0.3) is 0 Å². The maximum absolute atomic E-state index is 12.7. The highest BCUT2D eigenvalue weighted by atomic mass is 19.4. The minimum Gasteiger partial charge on any atom is -0.478 e. The summed E-state index contributed by atoms with van der Waals surface area (Å²) in [5.41, 5.74) is 5.18. The number of carbonyl (C=O) groups is 1. The maximum Gasteiger partial charge on any atom is 0.416 e. The molecule has 3 N–H and O–H groups in total. The zero-order chi connectivity index (χ0) is 24.8. The fraction of sp³-hybridized carbons (Fsp3) is 0.348. The molecule has 0 saturated carbocycles. The fourth-order valence-electron chi connectivity index (χ4n) is 2.80. The van der Waals surface area contributed by atoms with Crippen LogP contribution < -0.4 is 10.5 Å². The van der Waals surface area contributed by atoms with Crippen molar-refractivity contribution in [2.24, 2.45) is 15.7 Å². The van der Waals surface area contributed by atoms with Crippen molar-refractivity contribution < 1.29 is 27.8 Å². The summed E-state index contributed by atoms with van der Waals surface area (Å²) in [6.45, 7) is 3.83. The molecule has 2 aromatic rings. The van der Waals surface area contributed by atoms with Crippen LogP contribution in [0.4, 0.5) is 13.2 Å². The van der Waals surface area contributed by atoms with Gasteiger partial charge in [0.05, 0.1) is 12.1 Å². The van der Waals surface area contributed by atoms with Crippen molar-refractivity contribution in [1.29, 1.82) is 0 Å². The Morgan fingerprint density at radius 3 is 2.15 bits per heavy atom. The molecular formula is C23H27F3N4O3. The van der Waals surface area contributed by atoms with E-state index in [1.54, 1.807) is 19.2 Å². The lowest BCUT2D eigenvalue weighted by Gasteiger charge is -2.22. The Hall–Kier alpha value is -3.40. The zero-order valence-electron chi connectivity index (χ0n) is 18.8. The molecule has 10 heteroatoms. The summed E-state index contributed by atoms with van der Waals surface area (Å²) < 4.78 is 43.6. The third kappa shape index (κ3) is 7.60. The number of rotatable bonds is 8. The molecule has 178 valence electrons. The van der Waals surface area contributed by atoms with Crippen LogP contribution in [0.2, 0.25) is 0 Å². The van der Waals surface area contributed by atoms with Gasteiger partial charge in [-0.1, -0.05) is 24.3 Å². The van der Waals surface area contributed by atoms with Crippen molar-refractivity contribution >= 4 is 17.6 Å². The summed E-state index contributed by atoms with van der Waals surface area (Å²) in [7, 11) is 3.41. The van der Waals surface area contributed by atoms with Crippen molar-refractivity contribution in [3.8, 4) is 5.75 Å². The Bertz CT molecular complexity index is 1010. The number of ether oxygens (including phenoxy) is 1. The summed E-state index contributed by atoms with van der Waals surface area (Å²) in [6, 6.07) is 11.5. The molecular weight excluding hydrogens is 437 g/mol. The van der Waals surface area contributed by atoms with E-state index in [0.29, 0.717) is 30.2 Å². The number of alkyl halides is 3. The van der Waals surface area contributed by atoms with Crippen LogP contribution in [0.3, 0.4) is 0 Å². The largest absolute Gasteiger partial charge is 0.478 e. The van der Waals surface area contributed by atoms with Gasteiger partial charge in [-0.15, -0.1) is 0 Å². The van der Waals surface area contributed by atoms with Crippen molar-refractivity contribution in [2.75, 3.05) is 20.6 Å². The van der Waals surface area contributed by atoms with Crippen molar-refractivity contribution in [1.82, 2.24) is 4.90 Å². The van der Waals surface area contributed by atoms with Gasteiger partial charge >= 0.3 is 12.1 Å². The van der Waals surface area contributed by atoms with E-state index in [1.165, 1.54) is 26.0 Å². The smallest absolute Gasteiger partial charge is 0.416 e. The summed E-state index contributed by atoms with van der Waals surface area (Å²) in [5, 5.41) is 9.16. The Morgan fingerprint density at radius 1 is 1.09 bits per heavy atom. The first-order valence-corrected chi connectivity index (χ1v) is 9.99. The highest BCUT2D eigenvalue weighted by Gasteiger charge is 2.30. The van der Waals surface area contributed by atoms with E-state index < -0.39 is 23.3 Å². The predicted molar refractivity (Wildman–Crippen MR) is 121 cm³/mol. The first-order chi connectivity index (χ1) is 15.3.